The Kier molecular flexibility index (Phi) is 9.21. The zero-order valence-corrected chi connectivity index (χ0v) is 24.9. The maximum atomic E-state index is 15.0. The lowest BCUT2D eigenvalue weighted by Gasteiger charge is -2.20. The van der Waals surface area contributed by atoms with Crippen LogP contribution in [0.3, 0.4) is 0 Å². The fraction of sp³-hybridized carbons (Fsp3) is 0.233. The second kappa shape index (κ2) is 13.0. The van der Waals surface area contributed by atoms with Gasteiger partial charge >= 0.3 is 18.1 Å². The SMILES string of the molecule is CCOCc1ccc(C)cc1N1C(=O)CS/C1=N\C(=O)Nc1ccc(-c2ncn(-c3ccc(C(F)(F)C(F)(F)F)cc3)n2)cc1F. The molecule has 0 bridgehead atoms. The lowest BCUT2D eigenvalue weighted by atomic mass is 10.1. The number of urea groups is 1. The summed E-state index contributed by atoms with van der Waals surface area (Å²) in [6.07, 6.45) is -4.57. The molecule has 3 amide bonds. The van der Waals surface area contributed by atoms with Crippen molar-refractivity contribution in [3.05, 3.63) is 89.5 Å². The first-order valence-electron chi connectivity index (χ1n) is 13.6. The number of hydrogen-bond acceptors (Lipinski definition) is 6. The number of rotatable bonds is 8. The number of alkyl halides is 5. The van der Waals surface area contributed by atoms with Crippen LogP contribution in [-0.4, -0.2) is 50.4 Å². The van der Waals surface area contributed by atoms with Gasteiger partial charge in [-0.3, -0.25) is 9.69 Å². The zero-order chi connectivity index (χ0) is 33.2. The van der Waals surface area contributed by atoms with Crippen molar-refractivity contribution in [2.45, 2.75) is 32.6 Å². The molecular formula is C30H24F6N6O3S. The van der Waals surface area contributed by atoms with Crippen molar-refractivity contribution in [1.82, 2.24) is 14.8 Å². The monoisotopic (exact) mass is 662 g/mol. The number of carbonyl (C=O) groups excluding carboxylic acids is 2. The predicted octanol–water partition coefficient (Wildman–Crippen LogP) is 7.24. The molecule has 1 saturated heterocycles. The van der Waals surface area contributed by atoms with Crippen molar-refractivity contribution in [3.8, 4) is 17.1 Å². The molecule has 3 aromatic carbocycles. The molecule has 5 rings (SSSR count). The number of amidine groups is 1. The molecular weight excluding hydrogens is 638 g/mol. The first kappa shape index (κ1) is 32.7. The first-order valence-corrected chi connectivity index (χ1v) is 14.6. The number of carbonyl (C=O) groups is 2. The van der Waals surface area contributed by atoms with Gasteiger partial charge in [0.25, 0.3) is 0 Å². The topological polar surface area (TPSA) is 102 Å². The van der Waals surface area contributed by atoms with Gasteiger partial charge in [0.2, 0.25) is 5.91 Å². The molecule has 1 aromatic heterocycles. The molecule has 0 saturated carbocycles. The van der Waals surface area contributed by atoms with Gasteiger partial charge < -0.3 is 10.1 Å². The second-order valence-corrected chi connectivity index (χ2v) is 10.9. The van der Waals surface area contributed by atoms with Crippen LogP contribution in [0.25, 0.3) is 17.1 Å². The minimum absolute atomic E-state index is 0.0132. The Morgan fingerprint density at radius 3 is 2.48 bits per heavy atom. The molecule has 0 radical (unpaired) electrons. The Hall–Kier alpha value is -4.70. The van der Waals surface area contributed by atoms with E-state index in [2.05, 4.69) is 20.4 Å². The third kappa shape index (κ3) is 6.77. The van der Waals surface area contributed by atoms with Gasteiger partial charge in [-0.05, 0) is 55.8 Å². The number of nitrogens with zero attached hydrogens (tertiary/aromatic N) is 5. The molecule has 4 aromatic rings. The fourth-order valence-corrected chi connectivity index (χ4v) is 5.25. The van der Waals surface area contributed by atoms with Crippen molar-refractivity contribution in [3.63, 3.8) is 0 Å². The Morgan fingerprint density at radius 1 is 1.07 bits per heavy atom. The van der Waals surface area contributed by atoms with Crippen LogP contribution >= 0.6 is 11.8 Å². The van der Waals surface area contributed by atoms with Crippen LogP contribution in [0.5, 0.6) is 0 Å². The largest absolute Gasteiger partial charge is 0.458 e. The number of nitrogens with one attached hydrogen (secondary N) is 1. The van der Waals surface area contributed by atoms with Crippen molar-refractivity contribution in [1.29, 1.82) is 0 Å². The van der Waals surface area contributed by atoms with Crippen LogP contribution in [0.4, 0.5) is 42.5 Å². The number of aliphatic imine (C=N–C) groups is 1. The van der Waals surface area contributed by atoms with Gasteiger partial charge in [-0.15, -0.1) is 5.10 Å². The van der Waals surface area contributed by atoms with E-state index < -0.39 is 29.5 Å². The van der Waals surface area contributed by atoms with E-state index in [0.717, 1.165) is 45.8 Å². The van der Waals surface area contributed by atoms with Crippen molar-refractivity contribution in [2.24, 2.45) is 4.99 Å². The molecule has 1 fully saturated rings. The van der Waals surface area contributed by atoms with Crippen LogP contribution in [0.15, 0.2) is 72.0 Å². The normalized spacial score (nSPS) is 14.7. The summed E-state index contributed by atoms with van der Waals surface area (Å²) in [5.41, 5.74) is 1.02. The smallest absolute Gasteiger partial charge is 0.377 e. The van der Waals surface area contributed by atoms with Crippen LogP contribution in [0, 0.1) is 12.7 Å². The Balaban J connectivity index is 1.31. The number of ether oxygens (including phenoxy) is 1. The third-order valence-electron chi connectivity index (χ3n) is 6.72. The molecule has 0 spiro atoms. The minimum atomic E-state index is -5.75. The highest BCUT2D eigenvalue weighted by Gasteiger charge is 2.58. The Bertz CT molecular complexity index is 1810. The molecule has 9 nitrogen and oxygen atoms in total. The highest BCUT2D eigenvalue weighted by molar-refractivity contribution is 8.15. The summed E-state index contributed by atoms with van der Waals surface area (Å²) in [5, 5.41) is 6.61. The van der Waals surface area contributed by atoms with Gasteiger partial charge in [-0.25, -0.2) is 18.9 Å². The highest BCUT2D eigenvalue weighted by atomic mass is 32.2. The van der Waals surface area contributed by atoms with Gasteiger partial charge in [0.15, 0.2) is 11.0 Å². The molecule has 240 valence electrons. The maximum absolute atomic E-state index is 15.0. The molecule has 1 N–H and O–H groups in total. The van der Waals surface area contributed by atoms with Gasteiger partial charge in [0, 0.05) is 23.3 Å². The molecule has 46 heavy (non-hydrogen) atoms. The highest BCUT2D eigenvalue weighted by Crippen LogP contribution is 2.44. The number of benzene rings is 3. The molecule has 1 aliphatic rings. The molecule has 0 aliphatic carbocycles. The number of anilines is 2. The average Bonchev–Trinajstić information content (AvgIpc) is 3.64. The van der Waals surface area contributed by atoms with E-state index in [1.54, 1.807) is 6.07 Å². The van der Waals surface area contributed by atoms with Crippen molar-refractivity contribution < 1.29 is 40.7 Å². The second-order valence-electron chi connectivity index (χ2n) is 9.94. The quantitative estimate of drug-likeness (QED) is 0.200. The van der Waals surface area contributed by atoms with E-state index in [1.165, 1.54) is 23.4 Å². The van der Waals surface area contributed by atoms with E-state index in [-0.39, 0.29) is 46.2 Å². The Morgan fingerprint density at radius 2 is 1.80 bits per heavy atom. The van der Waals surface area contributed by atoms with Gasteiger partial charge in [0.05, 0.1) is 29.4 Å². The number of thioether (sulfide) groups is 1. The van der Waals surface area contributed by atoms with Crippen LogP contribution < -0.4 is 10.2 Å². The van der Waals surface area contributed by atoms with Gasteiger partial charge in [0.1, 0.15) is 12.1 Å². The van der Waals surface area contributed by atoms with Crippen LogP contribution in [0.1, 0.15) is 23.6 Å². The summed E-state index contributed by atoms with van der Waals surface area (Å²) >= 11 is 1.06. The van der Waals surface area contributed by atoms with Gasteiger partial charge in [-0.2, -0.15) is 26.9 Å². The molecule has 16 heteroatoms. The van der Waals surface area contributed by atoms with Crippen LogP contribution in [-0.2, 0) is 22.1 Å². The number of aryl methyl sites for hydroxylation is 1. The van der Waals surface area contributed by atoms with E-state index in [0.29, 0.717) is 24.4 Å². The summed E-state index contributed by atoms with van der Waals surface area (Å²) in [5.74, 6) is -6.09. The van der Waals surface area contributed by atoms with Crippen molar-refractivity contribution >= 4 is 40.2 Å². The van der Waals surface area contributed by atoms with Gasteiger partial charge in [-0.1, -0.05) is 36.0 Å². The number of hydrogen-bond donors (Lipinski definition) is 1. The van der Waals surface area contributed by atoms with E-state index in [1.807, 2.05) is 26.0 Å². The molecule has 1 aliphatic heterocycles. The van der Waals surface area contributed by atoms with E-state index in [9.17, 15) is 31.5 Å². The third-order valence-corrected chi connectivity index (χ3v) is 7.64. The van der Waals surface area contributed by atoms with Crippen LogP contribution in [0.2, 0.25) is 0 Å². The standard InChI is InChI=1S/C30H24F6N6O3S/c1-3-45-14-19-5-4-17(2)12-24(19)42-25(43)15-46-28(42)39-27(44)38-23-11-6-18(13-22(23)31)26-37-16-41(40-26)21-9-7-20(8-10-21)29(32,33)30(34,35)36/h4-13,16H,3,14-15H2,1-2H3,(H,38,44)/b39-28-. The summed E-state index contributed by atoms with van der Waals surface area (Å²) in [6, 6.07) is 11.6. The minimum Gasteiger partial charge on any atom is -0.377 e. The number of amides is 3. The number of halogens is 6. The lowest BCUT2D eigenvalue weighted by molar-refractivity contribution is -0.289. The summed E-state index contributed by atoms with van der Waals surface area (Å²) in [7, 11) is 0. The summed E-state index contributed by atoms with van der Waals surface area (Å²) in [4.78, 5) is 35.0. The number of aromatic nitrogens is 3. The van der Waals surface area contributed by atoms with Crippen molar-refractivity contribution in [2.75, 3.05) is 22.6 Å². The summed E-state index contributed by atoms with van der Waals surface area (Å²) in [6.45, 7) is 4.42. The molecule has 2 heterocycles. The maximum Gasteiger partial charge on any atom is 0.458 e. The predicted molar refractivity (Wildman–Crippen MR) is 160 cm³/mol. The zero-order valence-electron chi connectivity index (χ0n) is 24.1. The van der Waals surface area contributed by atoms with E-state index >= 15 is 4.39 Å². The fourth-order valence-electron chi connectivity index (χ4n) is 4.39. The molecule has 0 atom stereocenters. The summed E-state index contributed by atoms with van der Waals surface area (Å²) < 4.78 is 86.8. The molecule has 0 unspecified atom stereocenters. The Labute approximate surface area is 262 Å². The first-order chi connectivity index (χ1) is 21.8. The lowest BCUT2D eigenvalue weighted by Crippen LogP contribution is -2.33. The van der Waals surface area contributed by atoms with E-state index in [4.69, 9.17) is 4.74 Å². The average molecular weight is 663 g/mol.